The third kappa shape index (κ3) is 5.66. The van der Waals surface area contributed by atoms with Crippen molar-refractivity contribution in [3.63, 3.8) is 0 Å². The monoisotopic (exact) mass is 418 g/mol. The van der Waals surface area contributed by atoms with Gasteiger partial charge in [-0.15, -0.1) is 0 Å². The molecule has 0 atom stereocenters. The molecule has 4 rings (SSSR count). The van der Waals surface area contributed by atoms with Gasteiger partial charge < -0.3 is 30.7 Å². The third-order valence-electron chi connectivity index (χ3n) is 4.55. The van der Waals surface area contributed by atoms with Gasteiger partial charge in [0.1, 0.15) is 0 Å². The number of carbonyl (C=O) groups is 2. The normalized spacial score (nSPS) is 11.5. The zero-order valence-corrected chi connectivity index (χ0v) is 16.7. The maximum absolute atomic E-state index is 12.2. The lowest BCUT2D eigenvalue weighted by molar-refractivity contribution is 0.174. The minimum atomic E-state index is -0.364. The van der Waals surface area contributed by atoms with Gasteiger partial charge in [-0.25, -0.2) is 9.59 Å². The van der Waals surface area contributed by atoms with E-state index < -0.39 is 0 Å². The molecule has 31 heavy (non-hydrogen) atoms. The van der Waals surface area contributed by atoms with E-state index in [1.165, 1.54) is 0 Å². The van der Waals surface area contributed by atoms with E-state index in [4.69, 9.17) is 9.47 Å². The Labute approximate surface area is 179 Å². The molecule has 4 amide bonds. The van der Waals surface area contributed by atoms with Crippen LogP contribution in [0.4, 0.5) is 26.7 Å². The van der Waals surface area contributed by atoms with E-state index >= 15 is 0 Å². The van der Waals surface area contributed by atoms with Gasteiger partial charge in [-0.05, 0) is 54.4 Å². The van der Waals surface area contributed by atoms with Crippen LogP contribution < -0.4 is 30.7 Å². The number of benzene rings is 3. The predicted octanol–water partition coefficient (Wildman–Crippen LogP) is 4.42. The smallest absolute Gasteiger partial charge is 0.323 e. The third-order valence-corrected chi connectivity index (χ3v) is 4.55. The van der Waals surface area contributed by atoms with Gasteiger partial charge in [0, 0.05) is 23.6 Å². The molecular formula is C23H22N4O4. The summed E-state index contributed by atoms with van der Waals surface area (Å²) in [6.07, 6.45) is 0.658. The summed E-state index contributed by atoms with van der Waals surface area (Å²) >= 11 is 0. The van der Waals surface area contributed by atoms with Crippen molar-refractivity contribution >= 4 is 29.1 Å². The Morgan fingerprint density at radius 1 is 0.710 bits per heavy atom. The van der Waals surface area contributed by atoms with Gasteiger partial charge in [0.2, 0.25) is 6.79 Å². The Morgan fingerprint density at radius 3 is 2.19 bits per heavy atom. The van der Waals surface area contributed by atoms with E-state index in [0.29, 0.717) is 30.0 Å². The molecule has 0 bridgehead atoms. The lowest BCUT2D eigenvalue weighted by Gasteiger charge is -2.11. The van der Waals surface area contributed by atoms with Crippen molar-refractivity contribution in [2.75, 3.05) is 29.3 Å². The first-order valence-electron chi connectivity index (χ1n) is 9.82. The average Bonchev–Trinajstić information content (AvgIpc) is 3.22. The molecule has 0 spiro atoms. The van der Waals surface area contributed by atoms with Gasteiger partial charge in [-0.2, -0.15) is 0 Å². The highest BCUT2D eigenvalue weighted by atomic mass is 16.7. The molecule has 4 N–H and O–H groups in total. The summed E-state index contributed by atoms with van der Waals surface area (Å²) in [4.78, 5) is 24.3. The first-order chi connectivity index (χ1) is 15.2. The van der Waals surface area contributed by atoms with Crippen LogP contribution in [0.2, 0.25) is 0 Å². The SMILES string of the molecule is O=C(NCCc1ccc2c(c1)OCO2)Nc1cccc(NC(=O)Nc2ccccc2)c1. The van der Waals surface area contributed by atoms with E-state index in [-0.39, 0.29) is 18.9 Å². The molecule has 1 heterocycles. The number of para-hydroxylation sites is 1. The number of hydrogen-bond acceptors (Lipinski definition) is 4. The van der Waals surface area contributed by atoms with Gasteiger partial charge >= 0.3 is 12.1 Å². The Kier molecular flexibility index (Phi) is 6.18. The quantitative estimate of drug-likeness (QED) is 0.476. The summed E-state index contributed by atoms with van der Waals surface area (Å²) in [5.74, 6) is 1.46. The first kappa shape index (κ1) is 20.1. The fourth-order valence-electron chi connectivity index (χ4n) is 3.08. The molecule has 0 fully saturated rings. The van der Waals surface area contributed by atoms with Gasteiger partial charge in [0.15, 0.2) is 11.5 Å². The van der Waals surface area contributed by atoms with E-state index in [1.54, 1.807) is 36.4 Å². The molecule has 0 radical (unpaired) electrons. The highest BCUT2D eigenvalue weighted by Gasteiger charge is 2.13. The standard InChI is InChI=1S/C23H22N4O4/c28-22(24-12-11-16-9-10-20-21(13-16)31-15-30-20)26-18-7-4-8-19(14-18)27-23(29)25-17-5-2-1-3-6-17/h1-10,13-14H,11-12,15H2,(H2,24,26,28)(H2,25,27,29). The minimum Gasteiger partial charge on any atom is -0.454 e. The number of amides is 4. The number of rotatable bonds is 6. The maximum Gasteiger partial charge on any atom is 0.323 e. The maximum atomic E-state index is 12.2. The molecule has 0 aliphatic carbocycles. The number of hydrogen-bond donors (Lipinski definition) is 4. The summed E-state index contributed by atoms with van der Waals surface area (Å²) < 4.78 is 10.7. The molecule has 8 heteroatoms. The molecule has 8 nitrogen and oxygen atoms in total. The Hall–Kier alpha value is -4.20. The lowest BCUT2D eigenvalue weighted by atomic mass is 10.1. The minimum absolute atomic E-state index is 0.237. The van der Waals surface area contributed by atoms with Crippen molar-refractivity contribution in [2.45, 2.75) is 6.42 Å². The zero-order valence-electron chi connectivity index (χ0n) is 16.7. The largest absolute Gasteiger partial charge is 0.454 e. The summed E-state index contributed by atoms with van der Waals surface area (Å²) in [5.41, 5.74) is 2.86. The number of nitrogens with one attached hydrogen (secondary N) is 4. The van der Waals surface area contributed by atoms with Crippen LogP contribution in [0.25, 0.3) is 0 Å². The summed E-state index contributed by atoms with van der Waals surface area (Å²) in [5, 5.41) is 11.1. The second-order valence-corrected chi connectivity index (χ2v) is 6.84. The topological polar surface area (TPSA) is 101 Å². The van der Waals surface area contributed by atoms with Gasteiger partial charge in [0.05, 0.1) is 0 Å². The number of urea groups is 2. The van der Waals surface area contributed by atoms with Gasteiger partial charge in [-0.1, -0.05) is 30.3 Å². The molecule has 1 aliphatic rings. The highest BCUT2D eigenvalue weighted by Crippen LogP contribution is 2.32. The average molecular weight is 418 g/mol. The van der Waals surface area contributed by atoms with Gasteiger partial charge in [0.25, 0.3) is 0 Å². The fraction of sp³-hybridized carbons (Fsp3) is 0.130. The van der Waals surface area contributed by atoms with Crippen molar-refractivity contribution in [1.29, 1.82) is 0 Å². The van der Waals surface area contributed by atoms with Crippen LogP contribution in [0.5, 0.6) is 11.5 Å². The van der Waals surface area contributed by atoms with Crippen LogP contribution in [-0.2, 0) is 6.42 Å². The van der Waals surface area contributed by atoms with Crippen molar-refractivity contribution in [2.24, 2.45) is 0 Å². The van der Waals surface area contributed by atoms with Crippen LogP contribution in [0.1, 0.15) is 5.56 Å². The van der Waals surface area contributed by atoms with Crippen LogP contribution in [-0.4, -0.2) is 25.4 Å². The van der Waals surface area contributed by atoms with Crippen molar-refractivity contribution < 1.29 is 19.1 Å². The van der Waals surface area contributed by atoms with Crippen LogP contribution >= 0.6 is 0 Å². The molecule has 0 unspecified atom stereocenters. The molecule has 1 aliphatic heterocycles. The number of ether oxygens (including phenoxy) is 2. The molecule has 0 saturated carbocycles. The van der Waals surface area contributed by atoms with Crippen molar-refractivity contribution in [3.8, 4) is 11.5 Å². The Bertz CT molecular complexity index is 1070. The zero-order chi connectivity index (χ0) is 21.5. The number of anilines is 3. The van der Waals surface area contributed by atoms with Crippen molar-refractivity contribution in [1.82, 2.24) is 5.32 Å². The molecule has 3 aromatic carbocycles. The summed E-state index contributed by atoms with van der Waals surface area (Å²) in [6, 6.07) is 21.1. The van der Waals surface area contributed by atoms with Crippen LogP contribution in [0.3, 0.4) is 0 Å². The molecule has 158 valence electrons. The fourth-order valence-corrected chi connectivity index (χ4v) is 3.08. The molecular weight excluding hydrogens is 396 g/mol. The number of fused-ring (bicyclic) bond motifs is 1. The Balaban J connectivity index is 1.24. The molecule has 0 aromatic heterocycles. The van der Waals surface area contributed by atoms with Gasteiger partial charge in [-0.3, -0.25) is 0 Å². The van der Waals surface area contributed by atoms with Crippen molar-refractivity contribution in [3.05, 3.63) is 78.4 Å². The van der Waals surface area contributed by atoms with E-state index in [1.807, 2.05) is 36.4 Å². The highest BCUT2D eigenvalue weighted by molar-refractivity contribution is 6.00. The van der Waals surface area contributed by atoms with Crippen LogP contribution in [0.15, 0.2) is 72.8 Å². The predicted molar refractivity (Wildman–Crippen MR) is 119 cm³/mol. The second kappa shape index (κ2) is 9.53. The molecule has 3 aromatic rings. The van der Waals surface area contributed by atoms with E-state index in [0.717, 1.165) is 17.1 Å². The summed E-state index contributed by atoms with van der Waals surface area (Å²) in [7, 11) is 0. The Morgan fingerprint density at radius 2 is 1.39 bits per heavy atom. The second-order valence-electron chi connectivity index (χ2n) is 6.84. The lowest BCUT2D eigenvalue weighted by Crippen LogP contribution is -2.30. The van der Waals surface area contributed by atoms with Crippen LogP contribution in [0, 0.1) is 0 Å². The van der Waals surface area contributed by atoms with E-state index in [2.05, 4.69) is 21.3 Å². The summed E-state index contributed by atoms with van der Waals surface area (Å²) in [6.45, 7) is 0.699. The first-order valence-corrected chi connectivity index (χ1v) is 9.82. The molecule has 0 saturated heterocycles. The van der Waals surface area contributed by atoms with E-state index in [9.17, 15) is 9.59 Å². The number of carbonyl (C=O) groups excluding carboxylic acids is 2.